The zero-order valence-electron chi connectivity index (χ0n) is 10.7. The summed E-state index contributed by atoms with van der Waals surface area (Å²) in [6, 6.07) is 3.71. The molecule has 0 aliphatic carbocycles. The van der Waals surface area contributed by atoms with Gasteiger partial charge in [-0.05, 0) is 32.0 Å². The zero-order valence-corrected chi connectivity index (χ0v) is 11.4. The van der Waals surface area contributed by atoms with E-state index in [0.29, 0.717) is 11.6 Å². The second kappa shape index (κ2) is 6.80. The number of carboxylic acids is 1. The van der Waals surface area contributed by atoms with Crippen molar-refractivity contribution in [1.82, 2.24) is 5.32 Å². The number of aromatic carboxylic acids is 1. The SMILES string of the molecule is CC(C)=CCNC(=O)Nc1cc(Cl)ccc1C(=O)O. The molecule has 102 valence electrons. The molecule has 1 aromatic carbocycles. The number of benzene rings is 1. The van der Waals surface area contributed by atoms with Gasteiger partial charge in [-0.15, -0.1) is 0 Å². The van der Waals surface area contributed by atoms with Crippen molar-refractivity contribution >= 4 is 29.3 Å². The van der Waals surface area contributed by atoms with Crippen molar-refractivity contribution in [2.24, 2.45) is 0 Å². The lowest BCUT2D eigenvalue weighted by Crippen LogP contribution is -2.29. The second-order valence-corrected chi connectivity index (χ2v) is 4.55. The molecular formula is C13H15ClN2O3. The van der Waals surface area contributed by atoms with Crippen LogP contribution in [0.15, 0.2) is 29.8 Å². The molecule has 5 nitrogen and oxygen atoms in total. The van der Waals surface area contributed by atoms with Gasteiger partial charge in [0.25, 0.3) is 0 Å². The molecule has 0 fully saturated rings. The van der Waals surface area contributed by atoms with E-state index in [1.165, 1.54) is 18.2 Å². The molecule has 0 heterocycles. The summed E-state index contributed by atoms with van der Waals surface area (Å²) in [5.41, 5.74) is 1.23. The number of hydrogen-bond donors (Lipinski definition) is 3. The predicted octanol–water partition coefficient (Wildman–Crippen LogP) is 3.13. The number of amides is 2. The van der Waals surface area contributed by atoms with Crippen LogP contribution in [-0.2, 0) is 0 Å². The lowest BCUT2D eigenvalue weighted by molar-refractivity contribution is 0.0698. The first-order valence-electron chi connectivity index (χ1n) is 5.61. The highest BCUT2D eigenvalue weighted by molar-refractivity contribution is 6.31. The summed E-state index contributed by atoms with van der Waals surface area (Å²) in [4.78, 5) is 22.6. The monoisotopic (exact) mass is 282 g/mol. The number of carboxylic acid groups (broad SMARTS) is 1. The number of carbonyl (C=O) groups is 2. The molecule has 0 unspecified atom stereocenters. The van der Waals surface area contributed by atoms with Gasteiger partial charge in [-0.1, -0.05) is 23.3 Å². The van der Waals surface area contributed by atoms with Crippen molar-refractivity contribution in [2.75, 3.05) is 11.9 Å². The molecular weight excluding hydrogens is 268 g/mol. The Hall–Kier alpha value is -2.01. The Balaban J connectivity index is 2.75. The fourth-order valence-electron chi connectivity index (χ4n) is 1.32. The largest absolute Gasteiger partial charge is 0.478 e. The Kier molecular flexibility index (Phi) is 5.38. The van der Waals surface area contributed by atoms with Crippen molar-refractivity contribution in [3.05, 3.63) is 40.4 Å². The third-order valence-corrected chi connectivity index (χ3v) is 2.47. The number of rotatable bonds is 4. The highest BCUT2D eigenvalue weighted by atomic mass is 35.5. The lowest BCUT2D eigenvalue weighted by atomic mass is 10.2. The minimum atomic E-state index is -1.13. The summed E-state index contributed by atoms with van der Waals surface area (Å²) in [7, 11) is 0. The fourth-order valence-corrected chi connectivity index (χ4v) is 1.49. The molecule has 0 saturated carbocycles. The summed E-state index contributed by atoms with van der Waals surface area (Å²) in [5.74, 6) is -1.13. The molecule has 1 rings (SSSR count). The van der Waals surface area contributed by atoms with Gasteiger partial charge in [0, 0.05) is 11.6 Å². The standard InChI is InChI=1S/C13H15ClN2O3/c1-8(2)5-6-15-13(19)16-11-7-9(14)3-4-10(11)12(17)18/h3-5,7H,6H2,1-2H3,(H,17,18)(H2,15,16,19). The van der Waals surface area contributed by atoms with E-state index in [1.807, 2.05) is 19.9 Å². The number of allylic oxidation sites excluding steroid dienone is 1. The Morgan fingerprint density at radius 2 is 2.05 bits per heavy atom. The topological polar surface area (TPSA) is 78.4 Å². The van der Waals surface area contributed by atoms with Gasteiger partial charge in [-0.25, -0.2) is 9.59 Å². The molecule has 1 aromatic rings. The maximum Gasteiger partial charge on any atom is 0.337 e. The van der Waals surface area contributed by atoms with Crippen molar-refractivity contribution in [3.63, 3.8) is 0 Å². The van der Waals surface area contributed by atoms with E-state index in [4.69, 9.17) is 16.7 Å². The number of nitrogens with one attached hydrogen (secondary N) is 2. The van der Waals surface area contributed by atoms with Crippen LogP contribution in [0, 0.1) is 0 Å². The first-order chi connectivity index (χ1) is 8.90. The molecule has 19 heavy (non-hydrogen) atoms. The Morgan fingerprint density at radius 3 is 2.63 bits per heavy atom. The number of halogens is 1. The van der Waals surface area contributed by atoms with Gasteiger partial charge < -0.3 is 15.7 Å². The molecule has 0 atom stereocenters. The zero-order chi connectivity index (χ0) is 14.4. The summed E-state index contributed by atoms with van der Waals surface area (Å²) < 4.78 is 0. The van der Waals surface area contributed by atoms with Crippen molar-refractivity contribution < 1.29 is 14.7 Å². The molecule has 2 amide bonds. The first-order valence-corrected chi connectivity index (χ1v) is 5.99. The smallest absolute Gasteiger partial charge is 0.337 e. The first kappa shape index (κ1) is 15.0. The summed E-state index contributed by atoms with van der Waals surface area (Å²) in [5, 5.41) is 14.4. The Labute approximate surface area is 116 Å². The minimum Gasteiger partial charge on any atom is -0.478 e. The molecule has 0 aromatic heterocycles. The lowest BCUT2D eigenvalue weighted by Gasteiger charge is -2.09. The van der Waals surface area contributed by atoms with Crippen molar-refractivity contribution in [1.29, 1.82) is 0 Å². The third kappa shape index (κ3) is 5.01. The second-order valence-electron chi connectivity index (χ2n) is 4.11. The van der Waals surface area contributed by atoms with E-state index in [2.05, 4.69) is 10.6 Å². The average molecular weight is 283 g/mol. The van der Waals surface area contributed by atoms with Crippen LogP contribution in [0.3, 0.4) is 0 Å². The van der Waals surface area contributed by atoms with E-state index in [-0.39, 0.29) is 11.3 Å². The van der Waals surface area contributed by atoms with Gasteiger partial charge in [0.15, 0.2) is 0 Å². The van der Waals surface area contributed by atoms with Crippen LogP contribution in [0.4, 0.5) is 10.5 Å². The van der Waals surface area contributed by atoms with Gasteiger partial charge in [-0.3, -0.25) is 0 Å². The molecule has 6 heteroatoms. The van der Waals surface area contributed by atoms with E-state index in [1.54, 1.807) is 0 Å². The van der Waals surface area contributed by atoms with E-state index in [0.717, 1.165) is 5.57 Å². The summed E-state index contributed by atoms with van der Waals surface area (Å²) in [6.45, 7) is 4.20. The predicted molar refractivity (Wildman–Crippen MR) is 74.9 cm³/mol. The molecule has 0 bridgehead atoms. The van der Waals surface area contributed by atoms with Crippen molar-refractivity contribution in [3.8, 4) is 0 Å². The van der Waals surface area contributed by atoms with Gasteiger partial charge in [0.1, 0.15) is 0 Å². The number of carbonyl (C=O) groups excluding carboxylic acids is 1. The van der Waals surface area contributed by atoms with Crippen LogP contribution in [0.1, 0.15) is 24.2 Å². The van der Waals surface area contributed by atoms with Crippen LogP contribution in [0.2, 0.25) is 5.02 Å². The normalized spacial score (nSPS) is 9.63. The highest BCUT2D eigenvalue weighted by Gasteiger charge is 2.12. The maximum absolute atomic E-state index is 11.6. The maximum atomic E-state index is 11.6. The van der Waals surface area contributed by atoms with E-state index >= 15 is 0 Å². The fraction of sp³-hybridized carbons (Fsp3) is 0.231. The van der Waals surface area contributed by atoms with Crippen LogP contribution in [0.25, 0.3) is 0 Å². The minimum absolute atomic E-state index is 0.0123. The average Bonchev–Trinajstić information content (AvgIpc) is 2.27. The van der Waals surface area contributed by atoms with E-state index < -0.39 is 12.0 Å². The summed E-state index contributed by atoms with van der Waals surface area (Å²) >= 11 is 5.78. The van der Waals surface area contributed by atoms with Crippen LogP contribution in [0.5, 0.6) is 0 Å². The van der Waals surface area contributed by atoms with Gasteiger partial charge in [0.2, 0.25) is 0 Å². The highest BCUT2D eigenvalue weighted by Crippen LogP contribution is 2.21. The molecule has 0 aliphatic rings. The van der Waals surface area contributed by atoms with Gasteiger partial charge in [0.05, 0.1) is 11.3 Å². The molecule has 0 saturated heterocycles. The van der Waals surface area contributed by atoms with Gasteiger partial charge >= 0.3 is 12.0 Å². The van der Waals surface area contributed by atoms with E-state index in [9.17, 15) is 9.59 Å². The van der Waals surface area contributed by atoms with Crippen LogP contribution in [-0.4, -0.2) is 23.7 Å². The Morgan fingerprint density at radius 1 is 1.37 bits per heavy atom. The summed E-state index contributed by atoms with van der Waals surface area (Å²) in [6.07, 6.45) is 1.84. The molecule has 0 aliphatic heterocycles. The van der Waals surface area contributed by atoms with Crippen LogP contribution < -0.4 is 10.6 Å². The number of anilines is 1. The quantitative estimate of drug-likeness (QED) is 0.742. The Bertz CT molecular complexity index is 523. The van der Waals surface area contributed by atoms with Crippen molar-refractivity contribution in [2.45, 2.75) is 13.8 Å². The van der Waals surface area contributed by atoms with Gasteiger partial charge in [-0.2, -0.15) is 0 Å². The molecule has 0 spiro atoms. The van der Waals surface area contributed by atoms with Crippen LogP contribution >= 0.6 is 11.6 Å². The molecule has 0 radical (unpaired) electrons. The number of urea groups is 1. The molecule has 3 N–H and O–H groups in total. The number of hydrogen-bond acceptors (Lipinski definition) is 2. The third-order valence-electron chi connectivity index (χ3n) is 2.23.